The Morgan fingerprint density at radius 1 is 1.12 bits per heavy atom. The van der Waals surface area contributed by atoms with E-state index in [1.807, 2.05) is 36.6 Å². The first-order chi connectivity index (χ1) is 11.9. The number of thioether (sulfide) groups is 3. The Morgan fingerprint density at radius 2 is 1.80 bits per heavy atom. The highest BCUT2D eigenvalue weighted by atomic mass is 32.2. The number of rotatable bonds is 10. The van der Waals surface area contributed by atoms with Crippen LogP contribution in [0.4, 0.5) is 0 Å². The van der Waals surface area contributed by atoms with Gasteiger partial charge in [0.15, 0.2) is 5.12 Å². The molecule has 138 valence electrons. The summed E-state index contributed by atoms with van der Waals surface area (Å²) in [5.74, 6) is -0.519. The van der Waals surface area contributed by atoms with E-state index in [1.54, 1.807) is 23.5 Å². The van der Waals surface area contributed by atoms with Crippen molar-refractivity contribution in [3.8, 4) is 0 Å². The topological polar surface area (TPSA) is 89.3 Å². The van der Waals surface area contributed by atoms with E-state index < -0.39 is 17.9 Å². The summed E-state index contributed by atoms with van der Waals surface area (Å²) in [6.45, 7) is 1.46. The summed E-state index contributed by atoms with van der Waals surface area (Å²) in [5.41, 5.74) is 6.81. The number of nitrogens with two attached hydrogens (primary N) is 1. The molecule has 0 heterocycles. The third-order valence-electron chi connectivity index (χ3n) is 3.27. The van der Waals surface area contributed by atoms with Crippen LogP contribution < -0.4 is 11.1 Å². The van der Waals surface area contributed by atoms with Crippen LogP contribution in [-0.4, -0.2) is 45.8 Å². The maximum atomic E-state index is 12.5. The maximum Gasteiger partial charge on any atom is 0.244 e. The highest BCUT2D eigenvalue weighted by Gasteiger charge is 2.24. The van der Waals surface area contributed by atoms with E-state index in [2.05, 4.69) is 5.32 Å². The predicted molar refractivity (Wildman–Crippen MR) is 109 cm³/mol. The molecular formula is C17H24N2O3S3. The molecule has 0 fully saturated rings. The molecule has 25 heavy (non-hydrogen) atoms. The molecule has 0 spiro atoms. The van der Waals surface area contributed by atoms with E-state index in [0.29, 0.717) is 17.9 Å². The second-order valence-corrected chi connectivity index (χ2v) is 8.89. The summed E-state index contributed by atoms with van der Waals surface area (Å²) < 4.78 is 0. The van der Waals surface area contributed by atoms with E-state index in [4.69, 9.17) is 5.73 Å². The van der Waals surface area contributed by atoms with Crippen LogP contribution in [0.5, 0.6) is 0 Å². The van der Waals surface area contributed by atoms with E-state index in [9.17, 15) is 14.4 Å². The quantitative estimate of drug-likeness (QED) is 0.459. The van der Waals surface area contributed by atoms with Crippen molar-refractivity contribution in [1.29, 1.82) is 0 Å². The number of benzene rings is 1. The molecular weight excluding hydrogens is 376 g/mol. The first kappa shape index (κ1) is 22.1. The second kappa shape index (κ2) is 12.4. The minimum atomic E-state index is -0.723. The molecule has 1 unspecified atom stereocenters. The smallest absolute Gasteiger partial charge is 0.244 e. The zero-order valence-corrected chi connectivity index (χ0v) is 16.8. The molecule has 8 heteroatoms. The Hall–Kier alpha value is -0.960. The van der Waals surface area contributed by atoms with Gasteiger partial charge in [-0.2, -0.15) is 11.8 Å². The van der Waals surface area contributed by atoms with E-state index >= 15 is 0 Å². The van der Waals surface area contributed by atoms with Gasteiger partial charge >= 0.3 is 0 Å². The summed E-state index contributed by atoms with van der Waals surface area (Å²) in [4.78, 5) is 35.8. The highest BCUT2D eigenvalue weighted by molar-refractivity contribution is 8.15. The average molecular weight is 401 g/mol. The predicted octanol–water partition coefficient (Wildman–Crippen LogP) is 2.15. The van der Waals surface area contributed by atoms with E-state index in [1.165, 1.54) is 6.92 Å². The van der Waals surface area contributed by atoms with Gasteiger partial charge in [-0.25, -0.2) is 0 Å². The Kier molecular flexibility index (Phi) is 11.0. The van der Waals surface area contributed by atoms with E-state index in [-0.39, 0.29) is 11.0 Å². The molecule has 0 saturated heterocycles. The van der Waals surface area contributed by atoms with Crippen LogP contribution in [0.2, 0.25) is 0 Å². The number of carbonyl (C=O) groups excluding carboxylic acids is 3. The summed E-state index contributed by atoms with van der Waals surface area (Å²) in [6, 6.07) is 8.81. The molecule has 0 aromatic heterocycles. The molecule has 0 saturated carbocycles. The molecule has 3 N–H and O–H groups in total. The highest BCUT2D eigenvalue weighted by Crippen LogP contribution is 2.16. The van der Waals surface area contributed by atoms with Gasteiger partial charge < -0.3 is 5.73 Å². The number of hydrogen-bond donors (Lipinski definition) is 2. The summed E-state index contributed by atoms with van der Waals surface area (Å²) >= 11 is 4.31. The van der Waals surface area contributed by atoms with Crippen LogP contribution in [0, 0.1) is 5.92 Å². The van der Waals surface area contributed by atoms with Gasteiger partial charge in [0.2, 0.25) is 11.8 Å². The second-order valence-electron chi connectivity index (χ2n) is 5.43. The SMILES string of the molecule is CSCSC[C@H](N)C(=O)NC(=O)C(CSC(C)=O)Cc1ccccc1. The lowest BCUT2D eigenvalue weighted by molar-refractivity contribution is -0.132. The van der Waals surface area contributed by atoms with Crippen molar-refractivity contribution in [2.75, 3.05) is 22.8 Å². The third kappa shape index (κ3) is 9.34. The number of hydrogen-bond acceptors (Lipinski definition) is 7. The van der Waals surface area contributed by atoms with Crippen LogP contribution in [-0.2, 0) is 20.8 Å². The summed E-state index contributed by atoms with van der Waals surface area (Å²) in [6.07, 6.45) is 2.44. The fourth-order valence-corrected chi connectivity index (χ4v) is 4.16. The van der Waals surface area contributed by atoms with Crippen molar-refractivity contribution < 1.29 is 14.4 Å². The standard InChI is InChI=1S/C17H24N2O3S3/c1-12(20)25-9-14(8-13-6-4-3-5-7-13)16(21)19-17(22)15(18)10-24-11-23-2/h3-7,14-15H,8-11,18H2,1-2H3,(H,19,21,22)/t14?,15-/m0/s1. The lowest BCUT2D eigenvalue weighted by Gasteiger charge is -2.17. The third-order valence-corrected chi connectivity index (χ3v) is 6.45. The Bertz CT molecular complexity index is 570. The van der Waals surface area contributed by atoms with Crippen molar-refractivity contribution in [2.24, 2.45) is 11.7 Å². The van der Waals surface area contributed by atoms with Crippen LogP contribution >= 0.6 is 35.3 Å². The molecule has 1 aromatic rings. The number of nitrogens with one attached hydrogen (secondary N) is 1. The van der Waals surface area contributed by atoms with Gasteiger partial charge in [-0.15, -0.1) is 11.8 Å². The van der Waals surface area contributed by atoms with Gasteiger partial charge in [0.05, 0.1) is 12.0 Å². The van der Waals surface area contributed by atoms with Crippen LogP contribution in [0.3, 0.4) is 0 Å². The maximum absolute atomic E-state index is 12.5. The minimum absolute atomic E-state index is 0.0534. The Balaban J connectivity index is 2.64. The molecule has 0 aliphatic carbocycles. The van der Waals surface area contributed by atoms with Crippen molar-refractivity contribution in [1.82, 2.24) is 5.32 Å². The fraction of sp³-hybridized carbons (Fsp3) is 0.471. The van der Waals surface area contributed by atoms with Gasteiger partial charge in [0, 0.05) is 23.5 Å². The van der Waals surface area contributed by atoms with Gasteiger partial charge in [0.25, 0.3) is 0 Å². The van der Waals surface area contributed by atoms with Gasteiger partial charge in [0.1, 0.15) is 0 Å². The van der Waals surface area contributed by atoms with Gasteiger partial charge in [-0.1, -0.05) is 42.1 Å². The zero-order valence-electron chi connectivity index (χ0n) is 14.4. The summed E-state index contributed by atoms with van der Waals surface area (Å²) in [7, 11) is 0. The van der Waals surface area contributed by atoms with Crippen LogP contribution in [0.25, 0.3) is 0 Å². The molecule has 2 amide bonds. The first-order valence-corrected chi connectivity index (χ1v) is 11.3. The zero-order chi connectivity index (χ0) is 18.7. The fourth-order valence-electron chi connectivity index (χ4n) is 1.99. The molecule has 1 rings (SSSR count). The number of imide groups is 1. The Morgan fingerprint density at radius 3 is 2.40 bits per heavy atom. The summed E-state index contributed by atoms with van der Waals surface area (Å²) in [5, 5.41) is 3.20. The minimum Gasteiger partial charge on any atom is -0.319 e. The molecule has 0 aliphatic heterocycles. The lowest BCUT2D eigenvalue weighted by Crippen LogP contribution is -2.47. The van der Waals surface area contributed by atoms with Crippen molar-refractivity contribution >= 4 is 52.2 Å². The molecule has 0 radical (unpaired) electrons. The molecule has 1 aromatic carbocycles. The number of amides is 2. The molecule has 0 bridgehead atoms. The molecule has 5 nitrogen and oxygen atoms in total. The lowest BCUT2D eigenvalue weighted by atomic mass is 10.00. The first-order valence-electron chi connectivity index (χ1n) is 7.78. The van der Waals surface area contributed by atoms with Gasteiger partial charge in [-0.05, 0) is 18.2 Å². The molecule has 2 atom stereocenters. The van der Waals surface area contributed by atoms with Crippen LogP contribution in [0.1, 0.15) is 12.5 Å². The Labute approximate surface area is 161 Å². The number of carbonyl (C=O) groups is 3. The van der Waals surface area contributed by atoms with Crippen molar-refractivity contribution in [2.45, 2.75) is 19.4 Å². The monoisotopic (exact) mass is 400 g/mol. The van der Waals surface area contributed by atoms with Gasteiger partial charge in [-0.3, -0.25) is 19.7 Å². The molecule has 0 aliphatic rings. The van der Waals surface area contributed by atoms with E-state index in [0.717, 1.165) is 22.4 Å². The van der Waals surface area contributed by atoms with Crippen molar-refractivity contribution in [3.63, 3.8) is 0 Å². The van der Waals surface area contributed by atoms with Crippen molar-refractivity contribution in [3.05, 3.63) is 35.9 Å². The normalized spacial score (nSPS) is 13.1. The largest absolute Gasteiger partial charge is 0.319 e. The average Bonchev–Trinajstić information content (AvgIpc) is 2.59. The van der Waals surface area contributed by atoms with Crippen LogP contribution in [0.15, 0.2) is 30.3 Å².